The number of nitrogens with one attached hydrogen (secondary N) is 2. The first-order valence-corrected chi connectivity index (χ1v) is 9.42. The van der Waals surface area contributed by atoms with Crippen LogP contribution in [-0.4, -0.2) is 64.7 Å². The summed E-state index contributed by atoms with van der Waals surface area (Å²) in [5.74, 6) is -1.19. The number of carbonyl (C=O) groups excluding carboxylic acids is 2. The molecule has 0 bridgehead atoms. The minimum absolute atomic E-state index is 0.0156. The van der Waals surface area contributed by atoms with Crippen molar-refractivity contribution >= 4 is 34.4 Å². The van der Waals surface area contributed by atoms with Gasteiger partial charge in [-0.2, -0.15) is 0 Å². The second-order valence-corrected chi connectivity index (χ2v) is 6.86. The Bertz CT molecular complexity index is 644. The molecule has 1 aromatic heterocycles. The highest BCUT2D eigenvalue weighted by Crippen LogP contribution is 2.25. The lowest BCUT2D eigenvalue weighted by Gasteiger charge is -2.42. The number of anilines is 1. The van der Waals surface area contributed by atoms with Crippen LogP contribution >= 0.6 is 11.3 Å². The van der Waals surface area contributed by atoms with E-state index in [1.54, 1.807) is 12.3 Å². The molecular formula is C16H24N4O5S. The fraction of sp³-hybridized carbons (Fsp3) is 0.625. The molecule has 26 heavy (non-hydrogen) atoms. The first-order valence-electron chi connectivity index (χ1n) is 8.54. The highest BCUT2D eigenvalue weighted by Gasteiger charge is 2.34. The Morgan fingerprint density at radius 3 is 2.73 bits per heavy atom. The molecule has 0 aromatic carbocycles. The standard InChI is InChI=1S/C16H24N4O5S/c1-3-20(8-13(21)22)12-5-10(6-12)17-15(24)19-16-18-11(9-26-16)7-14(23)25-4-2/h9-10,12H,3-8H2,1-2H3,(H,21,22)(H2,17,18,19,24). The van der Waals surface area contributed by atoms with Gasteiger partial charge in [-0.25, -0.2) is 9.78 Å². The van der Waals surface area contributed by atoms with Crippen LogP contribution in [-0.2, 0) is 20.7 Å². The van der Waals surface area contributed by atoms with E-state index in [-0.39, 0.29) is 37.0 Å². The summed E-state index contributed by atoms with van der Waals surface area (Å²) in [4.78, 5) is 40.3. The van der Waals surface area contributed by atoms with Gasteiger partial charge in [0.1, 0.15) is 0 Å². The molecule has 9 nitrogen and oxygen atoms in total. The maximum atomic E-state index is 12.0. The number of likely N-dealkylation sites (N-methyl/N-ethyl adjacent to an activating group) is 1. The summed E-state index contributed by atoms with van der Waals surface area (Å²) < 4.78 is 4.86. The number of amides is 2. The van der Waals surface area contributed by atoms with Crippen LogP contribution in [0.5, 0.6) is 0 Å². The van der Waals surface area contributed by atoms with E-state index in [1.165, 1.54) is 11.3 Å². The van der Waals surface area contributed by atoms with Gasteiger partial charge in [-0.3, -0.25) is 19.8 Å². The van der Waals surface area contributed by atoms with Crippen molar-refractivity contribution in [1.82, 2.24) is 15.2 Å². The van der Waals surface area contributed by atoms with Crippen molar-refractivity contribution in [2.45, 2.75) is 45.2 Å². The number of thiazole rings is 1. The Labute approximate surface area is 155 Å². The Morgan fingerprint density at radius 2 is 2.12 bits per heavy atom. The number of aliphatic carboxylic acids is 1. The molecule has 0 saturated heterocycles. The summed E-state index contributed by atoms with van der Waals surface area (Å²) in [6, 6.07) is -0.161. The summed E-state index contributed by atoms with van der Waals surface area (Å²) in [5, 5.41) is 16.5. The summed E-state index contributed by atoms with van der Waals surface area (Å²) in [6.07, 6.45) is 1.52. The van der Waals surface area contributed by atoms with Gasteiger partial charge in [0, 0.05) is 17.5 Å². The van der Waals surface area contributed by atoms with Crippen LogP contribution in [0.25, 0.3) is 0 Å². The molecule has 2 amide bonds. The molecule has 144 valence electrons. The van der Waals surface area contributed by atoms with E-state index in [4.69, 9.17) is 9.84 Å². The number of aromatic nitrogens is 1. The average Bonchev–Trinajstić information content (AvgIpc) is 2.95. The van der Waals surface area contributed by atoms with E-state index in [2.05, 4.69) is 15.6 Å². The minimum Gasteiger partial charge on any atom is -0.480 e. The number of esters is 1. The third-order valence-electron chi connectivity index (χ3n) is 4.11. The summed E-state index contributed by atoms with van der Waals surface area (Å²) in [7, 11) is 0. The van der Waals surface area contributed by atoms with Gasteiger partial charge in [-0.1, -0.05) is 6.92 Å². The predicted molar refractivity (Wildman–Crippen MR) is 96.3 cm³/mol. The molecule has 3 N–H and O–H groups in total. The van der Waals surface area contributed by atoms with Crippen LogP contribution in [0.3, 0.4) is 0 Å². The van der Waals surface area contributed by atoms with Crippen LogP contribution in [0.4, 0.5) is 9.93 Å². The third kappa shape index (κ3) is 5.95. The maximum absolute atomic E-state index is 12.0. The molecule has 10 heteroatoms. The number of urea groups is 1. The van der Waals surface area contributed by atoms with Crippen LogP contribution in [0.15, 0.2) is 5.38 Å². The Balaban J connectivity index is 1.72. The molecule has 0 radical (unpaired) electrons. The predicted octanol–water partition coefficient (Wildman–Crippen LogP) is 1.31. The van der Waals surface area contributed by atoms with Gasteiger partial charge in [0.2, 0.25) is 0 Å². The van der Waals surface area contributed by atoms with Crippen LogP contribution in [0.2, 0.25) is 0 Å². The molecule has 1 aromatic rings. The number of hydrogen-bond donors (Lipinski definition) is 3. The van der Waals surface area contributed by atoms with Gasteiger partial charge in [0.15, 0.2) is 5.13 Å². The van der Waals surface area contributed by atoms with Gasteiger partial charge in [0.25, 0.3) is 0 Å². The lowest BCUT2D eigenvalue weighted by Crippen LogP contribution is -2.55. The SMILES string of the molecule is CCOC(=O)Cc1csc(NC(=O)NC2CC(N(CC)CC(=O)O)C2)n1. The van der Waals surface area contributed by atoms with Crippen molar-refractivity contribution in [3.8, 4) is 0 Å². The molecule has 0 atom stereocenters. The van der Waals surface area contributed by atoms with Gasteiger partial charge in [-0.05, 0) is 26.3 Å². The zero-order valence-corrected chi connectivity index (χ0v) is 15.7. The van der Waals surface area contributed by atoms with E-state index >= 15 is 0 Å². The van der Waals surface area contributed by atoms with E-state index in [1.807, 2.05) is 11.8 Å². The van der Waals surface area contributed by atoms with Crippen LogP contribution in [0.1, 0.15) is 32.4 Å². The topological polar surface area (TPSA) is 121 Å². The largest absolute Gasteiger partial charge is 0.480 e. The van der Waals surface area contributed by atoms with Crippen molar-refractivity contribution in [3.05, 3.63) is 11.1 Å². The summed E-state index contributed by atoms with van der Waals surface area (Å²) in [6.45, 7) is 4.66. The highest BCUT2D eigenvalue weighted by molar-refractivity contribution is 7.13. The number of carboxylic acid groups (broad SMARTS) is 1. The summed E-state index contributed by atoms with van der Waals surface area (Å²) in [5.41, 5.74) is 0.555. The quantitative estimate of drug-likeness (QED) is 0.549. The summed E-state index contributed by atoms with van der Waals surface area (Å²) >= 11 is 1.24. The second kappa shape index (κ2) is 9.48. The molecule has 0 unspecified atom stereocenters. The van der Waals surface area contributed by atoms with Crippen molar-refractivity contribution < 1.29 is 24.2 Å². The normalized spacial score (nSPS) is 18.9. The number of nitrogens with zero attached hydrogens (tertiary/aromatic N) is 2. The molecule has 0 spiro atoms. The van der Waals surface area contributed by atoms with E-state index < -0.39 is 5.97 Å². The molecule has 1 aliphatic rings. The molecular weight excluding hydrogens is 360 g/mol. The minimum atomic E-state index is -0.844. The molecule has 1 fully saturated rings. The Morgan fingerprint density at radius 1 is 1.38 bits per heavy atom. The fourth-order valence-corrected chi connectivity index (χ4v) is 3.51. The Hall–Kier alpha value is -2.20. The van der Waals surface area contributed by atoms with Crippen molar-refractivity contribution in [1.29, 1.82) is 0 Å². The third-order valence-corrected chi connectivity index (χ3v) is 4.92. The van der Waals surface area contributed by atoms with Crippen molar-refractivity contribution in [2.24, 2.45) is 0 Å². The Kier molecular flexibility index (Phi) is 7.34. The smallest absolute Gasteiger partial charge is 0.321 e. The lowest BCUT2D eigenvalue weighted by atomic mass is 9.85. The number of carbonyl (C=O) groups is 3. The van der Waals surface area contributed by atoms with Crippen LogP contribution in [0, 0.1) is 0 Å². The first kappa shape index (κ1) is 20.1. The highest BCUT2D eigenvalue weighted by atomic mass is 32.1. The van der Waals surface area contributed by atoms with Gasteiger partial charge >= 0.3 is 18.0 Å². The second-order valence-electron chi connectivity index (χ2n) is 6.00. The van der Waals surface area contributed by atoms with E-state index in [0.717, 1.165) is 12.8 Å². The zero-order chi connectivity index (χ0) is 19.1. The molecule has 0 aliphatic heterocycles. The first-order chi connectivity index (χ1) is 12.4. The van der Waals surface area contributed by atoms with Crippen LogP contribution < -0.4 is 10.6 Å². The number of hydrogen-bond acceptors (Lipinski definition) is 7. The number of ether oxygens (including phenoxy) is 1. The molecule has 1 saturated carbocycles. The van der Waals surface area contributed by atoms with Gasteiger partial charge in [-0.15, -0.1) is 11.3 Å². The number of rotatable bonds is 9. The molecule has 2 rings (SSSR count). The molecule has 1 aliphatic carbocycles. The molecule has 1 heterocycles. The van der Waals surface area contributed by atoms with Crippen molar-refractivity contribution in [3.63, 3.8) is 0 Å². The fourth-order valence-electron chi connectivity index (χ4n) is 2.80. The maximum Gasteiger partial charge on any atom is 0.321 e. The van der Waals surface area contributed by atoms with Gasteiger partial charge in [0.05, 0.1) is 25.3 Å². The lowest BCUT2D eigenvalue weighted by molar-refractivity contribution is -0.142. The monoisotopic (exact) mass is 384 g/mol. The average molecular weight is 384 g/mol. The van der Waals surface area contributed by atoms with E-state index in [0.29, 0.717) is 24.0 Å². The number of carboxylic acids is 1. The van der Waals surface area contributed by atoms with E-state index in [9.17, 15) is 14.4 Å². The zero-order valence-electron chi connectivity index (χ0n) is 14.9. The van der Waals surface area contributed by atoms with Crippen molar-refractivity contribution in [2.75, 3.05) is 25.0 Å². The van der Waals surface area contributed by atoms with Gasteiger partial charge < -0.3 is 15.2 Å².